The van der Waals surface area contributed by atoms with E-state index in [0.717, 1.165) is 0 Å². The Morgan fingerprint density at radius 1 is 1.45 bits per heavy atom. The van der Waals surface area contributed by atoms with Crippen LogP contribution in [-0.2, 0) is 15.2 Å². The fraction of sp³-hybridized carbons (Fsp3) is 0.467. The smallest absolute Gasteiger partial charge is 0.326 e. The van der Waals surface area contributed by atoms with E-state index in [2.05, 4.69) is 12.6 Å². The highest BCUT2D eigenvalue weighted by Gasteiger charge is 2.49. The summed E-state index contributed by atoms with van der Waals surface area (Å²) in [5.74, 6) is -1.06. The van der Waals surface area contributed by atoms with Gasteiger partial charge in [-0.15, -0.1) is 0 Å². The van der Waals surface area contributed by atoms with Gasteiger partial charge in [-0.3, -0.25) is 4.79 Å². The van der Waals surface area contributed by atoms with Crippen LogP contribution in [0.5, 0.6) is 0 Å². The number of benzene rings is 1. The molecular formula is C15H19NO4S2. The van der Waals surface area contributed by atoms with Crippen molar-refractivity contribution >= 4 is 36.3 Å². The van der Waals surface area contributed by atoms with Gasteiger partial charge in [0.25, 0.3) is 0 Å². The number of rotatable bonds is 5. The van der Waals surface area contributed by atoms with Crippen LogP contribution in [0.2, 0.25) is 0 Å². The van der Waals surface area contributed by atoms with Crippen molar-refractivity contribution < 1.29 is 19.8 Å². The van der Waals surface area contributed by atoms with Gasteiger partial charge in [-0.25, -0.2) is 4.79 Å². The van der Waals surface area contributed by atoms with Gasteiger partial charge in [0.2, 0.25) is 5.91 Å². The summed E-state index contributed by atoms with van der Waals surface area (Å²) in [6, 6.07) is 7.86. The molecule has 1 amide bonds. The molecular weight excluding hydrogens is 322 g/mol. The molecule has 1 fully saturated rings. The van der Waals surface area contributed by atoms with Crippen LogP contribution in [0.4, 0.5) is 0 Å². The van der Waals surface area contributed by atoms with E-state index in [1.54, 1.807) is 30.5 Å². The molecule has 0 saturated carbocycles. The molecule has 3 atom stereocenters. The van der Waals surface area contributed by atoms with Crippen molar-refractivity contribution in [2.75, 3.05) is 18.6 Å². The zero-order valence-electron chi connectivity index (χ0n) is 12.2. The van der Waals surface area contributed by atoms with Gasteiger partial charge < -0.3 is 15.1 Å². The molecule has 1 aromatic rings. The molecule has 0 aliphatic carbocycles. The number of nitrogens with zero attached hydrogens (tertiary/aromatic N) is 1. The minimum atomic E-state index is -1.33. The summed E-state index contributed by atoms with van der Waals surface area (Å²) in [7, 11) is 0. The number of hydrogen-bond acceptors (Lipinski definition) is 5. The van der Waals surface area contributed by atoms with Crippen molar-refractivity contribution in [3.05, 3.63) is 35.9 Å². The van der Waals surface area contributed by atoms with Crippen molar-refractivity contribution in [3.63, 3.8) is 0 Å². The predicted molar refractivity (Wildman–Crippen MR) is 89.2 cm³/mol. The van der Waals surface area contributed by atoms with Gasteiger partial charge in [0, 0.05) is 12.2 Å². The first-order valence-electron chi connectivity index (χ1n) is 6.88. The van der Waals surface area contributed by atoms with Crippen molar-refractivity contribution in [1.29, 1.82) is 0 Å². The van der Waals surface area contributed by atoms with E-state index in [-0.39, 0.29) is 18.9 Å². The Morgan fingerprint density at radius 3 is 2.59 bits per heavy atom. The zero-order chi connectivity index (χ0) is 16.3. The molecule has 1 aromatic carbocycles. The van der Waals surface area contributed by atoms with Crippen molar-refractivity contribution in [1.82, 2.24) is 4.90 Å². The second-order valence-electron chi connectivity index (χ2n) is 5.33. The fourth-order valence-corrected chi connectivity index (χ4v) is 3.82. The number of amides is 1. The number of β-amino-alcohol motifs (C(OH)–C–C–N with tert-alkyl or cyclic N) is 1. The number of carboxylic acid groups (broad SMARTS) is 1. The average Bonchev–Trinajstić information content (AvgIpc) is 2.89. The Labute approximate surface area is 139 Å². The van der Waals surface area contributed by atoms with Gasteiger partial charge in [-0.1, -0.05) is 30.3 Å². The summed E-state index contributed by atoms with van der Waals surface area (Å²) in [6.45, 7) is -0.0162. The molecule has 1 aliphatic heterocycles. The number of aliphatic hydroxyl groups is 1. The molecule has 2 unspecified atom stereocenters. The number of hydrogen-bond donors (Lipinski definition) is 3. The zero-order valence-corrected chi connectivity index (χ0v) is 13.9. The summed E-state index contributed by atoms with van der Waals surface area (Å²) >= 11 is 5.48. The first-order chi connectivity index (χ1) is 10.4. The number of carboxylic acids is 1. The van der Waals surface area contributed by atoms with E-state index in [0.29, 0.717) is 11.3 Å². The molecule has 120 valence electrons. The number of carbonyl (C=O) groups is 2. The van der Waals surface area contributed by atoms with Gasteiger partial charge in [0.15, 0.2) is 0 Å². The lowest BCUT2D eigenvalue weighted by Gasteiger charge is -2.26. The summed E-state index contributed by atoms with van der Waals surface area (Å²) < 4.78 is 0. The highest BCUT2D eigenvalue weighted by Crippen LogP contribution is 2.37. The second-order valence-corrected chi connectivity index (χ2v) is 6.73. The van der Waals surface area contributed by atoms with Crippen LogP contribution in [0.3, 0.4) is 0 Å². The van der Waals surface area contributed by atoms with Crippen molar-refractivity contribution in [2.45, 2.75) is 23.3 Å². The minimum Gasteiger partial charge on any atom is -0.480 e. The highest BCUT2D eigenvalue weighted by molar-refractivity contribution is 8.00. The van der Waals surface area contributed by atoms with Gasteiger partial charge in [0.1, 0.15) is 11.6 Å². The van der Waals surface area contributed by atoms with Crippen LogP contribution in [-0.4, -0.2) is 56.8 Å². The maximum absolute atomic E-state index is 12.5. The van der Waals surface area contributed by atoms with Crippen LogP contribution in [0, 0.1) is 0 Å². The third-order valence-corrected chi connectivity index (χ3v) is 5.49. The summed E-state index contributed by atoms with van der Waals surface area (Å²) in [6.07, 6.45) is 1.78. The van der Waals surface area contributed by atoms with E-state index >= 15 is 0 Å². The molecule has 1 saturated heterocycles. The molecule has 1 heterocycles. The van der Waals surface area contributed by atoms with Crippen LogP contribution < -0.4 is 0 Å². The molecule has 2 N–H and O–H groups in total. The van der Waals surface area contributed by atoms with E-state index in [1.165, 1.54) is 16.7 Å². The Balaban J connectivity index is 2.31. The summed E-state index contributed by atoms with van der Waals surface area (Å²) in [5, 5.41) is 19.8. The lowest BCUT2D eigenvalue weighted by Crippen LogP contribution is -2.45. The lowest BCUT2D eigenvalue weighted by atomic mass is 9.91. The molecule has 0 bridgehead atoms. The third-order valence-electron chi connectivity index (χ3n) is 3.94. The Bertz CT molecular complexity index is 550. The van der Waals surface area contributed by atoms with Gasteiger partial charge >= 0.3 is 5.97 Å². The maximum atomic E-state index is 12.5. The Hall–Kier alpha value is -1.18. The second kappa shape index (κ2) is 6.93. The van der Waals surface area contributed by atoms with Crippen LogP contribution >= 0.6 is 24.4 Å². The fourth-order valence-electron chi connectivity index (χ4n) is 2.73. The highest BCUT2D eigenvalue weighted by atomic mass is 32.2. The average molecular weight is 341 g/mol. The van der Waals surface area contributed by atoms with Crippen molar-refractivity contribution in [3.8, 4) is 0 Å². The molecule has 5 nitrogen and oxygen atoms in total. The molecule has 0 aromatic heterocycles. The number of carbonyl (C=O) groups excluding carboxylic acids is 1. The van der Waals surface area contributed by atoms with Crippen LogP contribution in [0.1, 0.15) is 12.0 Å². The Kier molecular flexibility index (Phi) is 5.41. The standard InChI is InChI=1S/C15H19NO4S2/c1-22-12(8-21)13(17)16-9-15(20,7-11(16)14(18)19)10-5-3-2-4-6-10/h2-6,11-12,20-21H,7-9H2,1H3,(H,18,19)/t11-,12?,15?/m0/s1. The first kappa shape index (κ1) is 17.2. The number of aliphatic carboxylic acids is 1. The molecule has 7 heteroatoms. The Morgan fingerprint density at radius 2 is 2.09 bits per heavy atom. The molecule has 22 heavy (non-hydrogen) atoms. The largest absolute Gasteiger partial charge is 0.480 e. The molecule has 2 rings (SSSR count). The van der Waals surface area contributed by atoms with Crippen molar-refractivity contribution in [2.24, 2.45) is 0 Å². The molecule has 0 spiro atoms. The van der Waals surface area contributed by atoms with E-state index in [1.807, 2.05) is 6.07 Å². The number of thioether (sulfide) groups is 1. The first-order valence-corrected chi connectivity index (χ1v) is 8.80. The monoisotopic (exact) mass is 341 g/mol. The SMILES string of the molecule is CSC(CS)C(=O)N1CC(O)(c2ccccc2)C[C@H]1C(=O)O. The molecule has 0 radical (unpaired) electrons. The van der Waals surface area contributed by atoms with Crippen LogP contribution in [0.25, 0.3) is 0 Å². The van der Waals surface area contributed by atoms with E-state index < -0.39 is 22.9 Å². The topological polar surface area (TPSA) is 77.8 Å². The van der Waals surface area contributed by atoms with Gasteiger partial charge in [0.05, 0.1) is 11.8 Å². The summed E-state index contributed by atoms with van der Waals surface area (Å²) in [5.41, 5.74) is -0.706. The minimum absolute atomic E-state index is 0.00818. The maximum Gasteiger partial charge on any atom is 0.326 e. The quantitative estimate of drug-likeness (QED) is 0.702. The van der Waals surface area contributed by atoms with E-state index in [9.17, 15) is 19.8 Å². The van der Waals surface area contributed by atoms with E-state index in [4.69, 9.17) is 0 Å². The summed E-state index contributed by atoms with van der Waals surface area (Å²) in [4.78, 5) is 25.3. The normalized spacial score (nSPS) is 26.0. The predicted octanol–water partition coefficient (Wildman–Crippen LogP) is 1.22. The number of thiol groups is 1. The van der Waals surface area contributed by atoms with Gasteiger partial charge in [-0.2, -0.15) is 24.4 Å². The molecule has 1 aliphatic rings. The van der Waals surface area contributed by atoms with Gasteiger partial charge in [-0.05, 0) is 11.8 Å². The lowest BCUT2D eigenvalue weighted by molar-refractivity contribution is -0.147. The van der Waals surface area contributed by atoms with Crippen LogP contribution in [0.15, 0.2) is 30.3 Å². The number of likely N-dealkylation sites (tertiary alicyclic amines) is 1. The third kappa shape index (κ3) is 3.26.